The molecule has 1 unspecified atom stereocenters. The predicted molar refractivity (Wildman–Crippen MR) is 61.0 cm³/mol. The molecular formula is C11H19N3O. The number of methoxy groups -OCH3 is 1. The van der Waals surface area contributed by atoms with Crippen molar-refractivity contribution < 1.29 is 4.74 Å². The lowest BCUT2D eigenvalue weighted by Gasteiger charge is -2.09. The first kappa shape index (κ1) is 11.8. The second kappa shape index (κ2) is 4.98. The molecule has 0 saturated heterocycles. The summed E-state index contributed by atoms with van der Waals surface area (Å²) in [5.74, 6) is 0.816. The molecule has 1 heterocycles. The highest BCUT2D eigenvalue weighted by atomic mass is 16.5. The molecule has 0 aliphatic rings. The number of aromatic nitrogens is 2. The van der Waals surface area contributed by atoms with Crippen molar-refractivity contribution in [3.63, 3.8) is 0 Å². The molecule has 0 radical (unpaired) electrons. The molecule has 0 fully saturated rings. The maximum Gasteiger partial charge on any atom is 0.216 e. The van der Waals surface area contributed by atoms with Crippen LogP contribution in [0.3, 0.4) is 0 Å². The van der Waals surface area contributed by atoms with E-state index in [0.29, 0.717) is 0 Å². The van der Waals surface area contributed by atoms with Gasteiger partial charge in [-0.1, -0.05) is 6.08 Å². The summed E-state index contributed by atoms with van der Waals surface area (Å²) in [5, 5.41) is 7.64. The van der Waals surface area contributed by atoms with Crippen LogP contribution in [0.15, 0.2) is 12.7 Å². The summed E-state index contributed by atoms with van der Waals surface area (Å²) in [6, 6.07) is 0.286. The topological polar surface area (TPSA) is 39.1 Å². The first-order valence-electron chi connectivity index (χ1n) is 5.02. The summed E-state index contributed by atoms with van der Waals surface area (Å²) >= 11 is 0. The maximum atomic E-state index is 5.30. The molecule has 0 aliphatic heterocycles. The van der Waals surface area contributed by atoms with E-state index in [9.17, 15) is 0 Å². The van der Waals surface area contributed by atoms with Crippen LogP contribution in [-0.2, 0) is 13.6 Å². The van der Waals surface area contributed by atoms with Crippen molar-refractivity contribution >= 4 is 0 Å². The fraction of sp³-hybridized carbons (Fsp3) is 0.545. The predicted octanol–water partition coefficient (Wildman–Crippen LogP) is 1.40. The van der Waals surface area contributed by atoms with Crippen molar-refractivity contribution in [2.75, 3.05) is 7.11 Å². The first-order chi connectivity index (χ1) is 7.10. The van der Waals surface area contributed by atoms with E-state index in [0.717, 1.165) is 23.7 Å². The van der Waals surface area contributed by atoms with Crippen LogP contribution in [0, 0.1) is 6.92 Å². The van der Waals surface area contributed by atoms with Crippen LogP contribution in [0.2, 0.25) is 0 Å². The molecule has 4 nitrogen and oxygen atoms in total. The highest BCUT2D eigenvalue weighted by molar-refractivity contribution is 5.30. The monoisotopic (exact) mass is 209 g/mol. The minimum atomic E-state index is 0.286. The van der Waals surface area contributed by atoms with Gasteiger partial charge in [-0.3, -0.25) is 0 Å². The molecule has 4 heteroatoms. The number of aryl methyl sites for hydroxylation is 2. The van der Waals surface area contributed by atoms with Crippen LogP contribution in [0.5, 0.6) is 5.88 Å². The molecule has 84 valence electrons. The second-order valence-corrected chi connectivity index (χ2v) is 3.60. The minimum absolute atomic E-state index is 0.286. The Hall–Kier alpha value is -1.29. The number of hydrogen-bond donors (Lipinski definition) is 1. The number of ether oxygens (including phenoxy) is 1. The van der Waals surface area contributed by atoms with Crippen molar-refractivity contribution in [2.24, 2.45) is 7.05 Å². The van der Waals surface area contributed by atoms with E-state index in [1.165, 1.54) is 0 Å². The lowest BCUT2D eigenvalue weighted by atomic mass is 10.2. The van der Waals surface area contributed by atoms with Crippen LogP contribution in [0.1, 0.15) is 18.2 Å². The third kappa shape index (κ3) is 2.59. The van der Waals surface area contributed by atoms with Crippen LogP contribution in [0.4, 0.5) is 0 Å². The van der Waals surface area contributed by atoms with E-state index < -0.39 is 0 Å². The minimum Gasteiger partial charge on any atom is -0.481 e. The molecule has 0 spiro atoms. The standard InChI is InChI=1S/C11H19N3O/c1-6-8(2)12-7-10-9(3)13-14(4)11(10)15-5/h6,8,12H,1,7H2,2-5H3. The van der Waals surface area contributed by atoms with Crippen molar-refractivity contribution in [3.05, 3.63) is 23.9 Å². The molecule has 1 rings (SSSR count). The summed E-state index contributed by atoms with van der Waals surface area (Å²) < 4.78 is 7.05. The van der Waals surface area contributed by atoms with E-state index in [-0.39, 0.29) is 6.04 Å². The van der Waals surface area contributed by atoms with Gasteiger partial charge in [0, 0.05) is 19.6 Å². The Morgan fingerprint density at radius 1 is 1.67 bits per heavy atom. The molecule has 0 aromatic carbocycles. The molecule has 1 atom stereocenters. The van der Waals surface area contributed by atoms with Gasteiger partial charge >= 0.3 is 0 Å². The Kier molecular flexibility index (Phi) is 3.91. The Bertz CT molecular complexity index is 344. The highest BCUT2D eigenvalue weighted by Crippen LogP contribution is 2.20. The van der Waals surface area contributed by atoms with Gasteiger partial charge in [-0.2, -0.15) is 5.10 Å². The highest BCUT2D eigenvalue weighted by Gasteiger charge is 2.13. The molecule has 1 aromatic heterocycles. The molecule has 1 N–H and O–H groups in total. The van der Waals surface area contributed by atoms with Gasteiger partial charge in [0.15, 0.2) is 0 Å². The summed E-state index contributed by atoms with van der Waals surface area (Å²) in [5.41, 5.74) is 2.10. The molecule has 0 bridgehead atoms. The Morgan fingerprint density at radius 2 is 2.33 bits per heavy atom. The van der Waals surface area contributed by atoms with Gasteiger partial charge in [0.1, 0.15) is 0 Å². The van der Waals surface area contributed by atoms with Gasteiger partial charge in [-0.15, -0.1) is 6.58 Å². The van der Waals surface area contributed by atoms with Gasteiger partial charge in [0.05, 0.1) is 18.4 Å². The van der Waals surface area contributed by atoms with Gasteiger partial charge in [-0.05, 0) is 13.8 Å². The van der Waals surface area contributed by atoms with Crippen LogP contribution >= 0.6 is 0 Å². The van der Waals surface area contributed by atoms with Crippen LogP contribution in [-0.4, -0.2) is 22.9 Å². The lowest BCUT2D eigenvalue weighted by molar-refractivity contribution is 0.367. The van der Waals surface area contributed by atoms with Crippen molar-refractivity contribution in [2.45, 2.75) is 26.4 Å². The van der Waals surface area contributed by atoms with Crippen LogP contribution in [0.25, 0.3) is 0 Å². The Labute approximate surface area is 90.9 Å². The van der Waals surface area contributed by atoms with E-state index in [4.69, 9.17) is 4.74 Å². The largest absolute Gasteiger partial charge is 0.481 e. The molecule has 0 amide bonds. The smallest absolute Gasteiger partial charge is 0.216 e. The van der Waals surface area contributed by atoms with Gasteiger partial charge < -0.3 is 10.1 Å². The molecule has 15 heavy (non-hydrogen) atoms. The number of nitrogens with zero attached hydrogens (tertiary/aromatic N) is 2. The third-order valence-corrected chi connectivity index (χ3v) is 2.44. The maximum absolute atomic E-state index is 5.30. The SMILES string of the molecule is C=CC(C)NCc1c(C)nn(C)c1OC. The summed E-state index contributed by atoms with van der Waals surface area (Å²) in [6.07, 6.45) is 1.87. The molecule has 0 aliphatic carbocycles. The second-order valence-electron chi connectivity index (χ2n) is 3.60. The summed E-state index contributed by atoms with van der Waals surface area (Å²) in [6.45, 7) is 8.52. The summed E-state index contributed by atoms with van der Waals surface area (Å²) in [7, 11) is 3.54. The van der Waals surface area contributed by atoms with Gasteiger partial charge in [0.25, 0.3) is 0 Å². The van der Waals surface area contributed by atoms with Gasteiger partial charge in [0.2, 0.25) is 5.88 Å². The van der Waals surface area contributed by atoms with Crippen LogP contribution < -0.4 is 10.1 Å². The number of hydrogen-bond acceptors (Lipinski definition) is 3. The fourth-order valence-electron chi connectivity index (χ4n) is 1.49. The Morgan fingerprint density at radius 3 is 2.87 bits per heavy atom. The average Bonchev–Trinajstić information content (AvgIpc) is 2.49. The fourth-order valence-corrected chi connectivity index (χ4v) is 1.49. The van der Waals surface area contributed by atoms with E-state index in [1.807, 2.05) is 20.0 Å². The van der Waals surface area contributed by atoms with Crippen molar-refractivity contribution in [1.82, 2.24) is 15.1 Å². The quantitative estimate of drug-likeness (QED) is 0.745. The molecule has 0 saturated carbocycles. The zero-order chi connectivity index (χ0) is 11.4. The van der Waals surface area contributed by atoms with E-state index in [2.05, 4.69) is 23.9 Å². The Balaban J connectivity index is 2.79. The van der Waals surface area contributed by atoms with Gasteiger partial charge in [-0.25, -0.2) is 4.68 Å². The van der Waals surface area contributed by atoms with Crippen molar-refractivity contribution in [1.29, 1.82) is 0 Å². The van der Waals surface area contributed by atoms with Crippen molar-refractivity contribution in [3.8, 4) is 5.88 Å². The lowest BCUT2D eigenvalue weighted by Crippen LogP contribution is -2.23. The summed E-state index contributed by atoms with van der Waals surface area (Å²) in [4.78, 5) is 0. The first-order valence-corrected chi connectivity index (χ1v) is 5.02. The molecular weight excluding hydrogens is 190 g/mol. The zero-order valence-corrected chi connectivity index (χ0v) is 9.87. The zero-order valence-electron chi connectivity index (χ0n) is 9.87. The number of nitrogens with one attached hydrogen (secondary N) is 1. The third-order valence-electron chi connectivity index (χ3n) is 2.44. The average molecular weight is 209 g/mol. The molecule has 1 aromatic rings. The number of rotatable bonds is 5. The van der Waals surface area contributed by atoms with E-state index in [1.54, 1.807) is 11.8 Å². The normalized spacial score (nSPS) is 12.5. The van der Waals surface area contributed by atoms with E-state index >= 15 is 0 Å².